The fourth-order valence-electron chi connectivity index (χ4n) is 8.53. The molecule has 0 spiro atoms. The van der Waals surface area contributed by atoms with E-state index in [0.717, 1.165) is 25.7 Å². The monoisotopic (exact) mass is 830 g/mol. The minimum atomic E-state index is -0.838. The Balaban J connectivity index is 3.49. The van der Waals surface area contributed by atoms with Gasteiger partial charge < -0.3 is 15.5 Å². The van der Waals surface area contributed by atoms with Crippen molar-refractivity contribution >= 4 is 5.91 Å². The van der Waals surface area contributed by atoms with Crippen LogP contribution in [0.2, 0.25) is 0 Å². The smallest absolute Gasteiger partial charge is 0.220 e. The van der Waals surface area contributed by atoms with E-state index in [2.05, 4.69) is 31.3 Å². The Kier molecular flexibility index (Phi) is 50.2. The summed E-state index contributed by atoms with van der Waals surface area (Å²) in [6.45, 7) is 4.34. The average molecular weight is 830 g/mol. The average Bonchev–Trinajstić information content (AvgIpc) is 3.24. The third kappa shape index (κ3) is 47.8. The fourth-order valence-corrected chi connectivity index (χ4v) is 8.53. The van der Waals surface area contributed by atoms with Crippen LogP contribution in [-0.4, -0.2) is 34.9 Å². The van der Waals surface area contributed by atoms with Gasteiger partial charge in [-0.2, -0.15) is 0 Å². The highest BCUT2D eigenvalue weighted by molar-refractivity contribution is 5.76. The van der Waals surface area contributed by atoms with Crippen LogP contribution in [0.1, 0.15) is 303 Å². The van der Waals surface area contributed by atoms with Crippen molar-refractivity contribution in [2.45, 2.75) is 315 Å². The zero-order chi connectivity index (χ0) is 42.8. The molecule has 0 fully saturated rings. The number of aliphatic hydroxyl groups is 2. The first-order chi connectivity index (χ1) is 29.2. The third-order valence-electron chi connectivity index (χ3n) is 12.7. The Bertz CT molecular complexity index is 855. The van der Waals surface area contributed by atoms with Gasteiger partial charge >= 0.3 is 0 Å². The van der Waals surface area contributed by atoms with Crippen LogP contribution in [0.15, 0.2) is 24.3 Å². The summed E-state index contributed by atoms with van der Waals surface area (Å²) in [6.07, 6.45) is 67.6. The third-order valence-corrected chi connectivity index (χ3v) is 12.7. The Morgan fingerprint density at radius 2 is 0.644 bits per heavy atom. The van der Waals surface area contributed by atoms with Crippen LogP contribution >= 0.6 is 0 Å². The second-order valence-electron chi connectivity index (χ2n) is 18.7. The molecule has 0 aromatic rings. The van der Waals surface area contributed by atoms with Crippen LogP contribution in [0.4, 0.5) is 0 Å². The summed E-state index contributed by atoms with van der Waals surface area (Å²) in [4.78, 5) is 12.5. The highest BCUT2D eigenvalue weighted by atomic mass is 16.3. The van der Waals surface area contributed by atoms with E-state index in [4.69, 9.17) is 0 Å². The second kappa shape index (κ2) is 51.2. The van der Waals surface area contributed by atoms with E-state index in [1.807, 2.05) is 6.08 Å². The molecular formula is C55H107NO3. The SMILES string of the molecule is CCCCCCCCCC/C=C\CCCCCCCCCCCCCC(=O)NC(CO)C(O)/C=C/CCCCCCCCCCCCCCCCCCCCCCCC. The highest BCUT2D eigenvalue weighted by Gasteiger charge is 2.18. The van der Waals surface area contributed by atoms with Crippen LogP contribution < -0.4 is 5.32 Å². The van der Waals surface area contributed by atoms with Crippen LogP contribution in [0, 0.1) is 0 Å². The lowest BCUT2D eigenvalue weighted by atomic mass is 10.0. The van der Waals surface area contributed by atoms with Crippen molar-refractivity contribution in [2.24, 2.45) is 0 Å². The molecule has 0 aliphatic heterocycles. The van der Waals surface area contributed by atoms with E-state index >= 15 is 0 Å². The van der Waals surface area contributed by atoms with E-state index < -0.39 is 12.1 Å². The number of amides is 1. The van der Waals surface area contributed by atoms with Crippen molar-refractivity contribution < 1.29 is 15.0 Å². The number of allylic oxidation sites excluding steroid dienone is 3. The summed E-state index contributed by atoms with van der Waals surface area (Å²) >= 11 is 0. The lowest BCUT2D eigenvalue weighted by Crippen LogP contribution is -2.45. The molecule has 3 N–H and O–H groups in total. The lowest BCUT2D eigenvalue weighted by Gasteiger charge is -2.20. The van der Waals surface area contributed by atoms with Gasteiger partial charge in [0.25, 0.3) is 0 Å². The van der Waals surface area contributed by atoms with Crippen molar-refractivity contribution in [3.05, 3.63) is 24.3 Å². The Labute approximate surface area is 370 Å². The normalized spacial score (nSPS) is 12.9. The van der Waals surface area contributed by atoms with Gasteiger partial charge in [0.05, 0.1) is 18.8 Å². The quantitative estimate of drug-likeness (QED) is 0.0422. The minimum absolute atomic E-state index is 0.0601. The van der Waals surface area contributed by atoms with Crippen LogP contribution in [0.3, 0.4) is 0 Å². The maximum Gasteiger partial charge on any atom is 0.220 e. The Morgan fingerprint density at radius 1 is 0.390 bits per heavy atom. The van der Waals surface area contributed by atoms with Crippen molar-refractivity contribution in [1.82, 2.24) is 5.32 Å². The molecule has 0 saturated carbocycles. The maximum atomic E-state index is 12.5. The van der Waals surface area contributed by atoms with Gasteiger partial charge in [-0.15, -0.1) is 0 Å². The number of carbonyl (C=O) groups excluding carboxylic acids is 1. The molecular weight excluding hydrogens is 723 g/mol. The molecule has 4 nitrogen and oxygen atoms in total. The molecule has 59 heavy (non-hydrogen) atoms. The van der Waals surface area contributed by atoms with Gasteiger partial charge in [0, 0.05) is 6.42 Å². The summed E-state index contributed by atoms with van der Waals surface area (Å²) in [5.74, 6) is -0.0601. The van der Waals surface area contributed by atoms with Gasteiger partial charge in [-0.05, 0) is 44.9 Å². The van der Waals surface area contributed by atoms with E-state index in [9.17, 15) is 15.0 Å². The first-order valence-corrected chi connectivity index (χ1v) is 27.1. The predicted octanol–water partition coefficient (Wildman–Crippen LogP) is 17.5. The number of rotatable bonds is 50. The lowest BCUT2D eigenvalue weighted by molar-refractivity contribution is -0.123. The van der Waals surface area contributed by atoms with Gasteiger partial charge in [0.2, 0.25) is 5.91 Å². The molecule has 2 unspecified atom stereocenters. The first-order valence-electron chi connectivity index (χ1n) is 27.1. The van der Waals surface area contributed by atoms with E-state index in [-0.39, 0.29) is 12.5 Å². The Hall–Kier alpha value is -1.13. The van der Waals surface area contributed by atoms with Crippen LogP contribution in [-0.2, 0) is 4.79 Å². The molecule has 0 heterocycles. The van der Waals surface area contributed by atoms with Crippen molar-refractivity contribution in [2.75, 3.05) is 6.61 Å². The molecule has 350 valence electrons. The highest BCUT2D eigenvalue weighted by Crippen LogP contribution is 2.17. The van der Waals surface area contributed by atoms with Gasteiger partial charge in [-0.25, -0.2) is 0 Å². The van der Waals surface area contributed by atoms with Gasteiger partial charge in [-0.3, -0.25) is 4.79 Å². The minimum Gasteiger partial charge on any atom is -0.394 e. The molecule has 0 saturated heterocycles. The van der Waals surface area contributed by atoms with Gasteiger partial charge in [0.1, 0.15) is 0 Å². The molecule has 0 radical (unpaired) electrons. The number of hydrogen-bond acceptors (Lipinski definition) is 3. The molecule has 0 rings (SSSR count). The molecule has 1 amide bonds. The zero-order valence-electron chi connectivity index (χ0n) is 40.3. The summed E-state index contributed by atoms with van der Waals surface area (Å²) in [5.41, 5.74) is 0. The summed E-state index contributed by atoms with van der Waals surface area (Å²) in [6, 6.07) is -0.621. The topological polar surface area (TPSA) is 69.6 Å². The summed E-state index contributed by atoms with van der Waals surface area (Å²) < 4.78 is 0. The molecule has 0 bridgehead atoms. The second-order valence-corrected chi connectivity index (χ2v) is 18.7. The fraction of sp³-hybridized carbons (Fsp3) is 0.909. The number of unbranched alkanes of at least 4 members (excludes halogenated alkanes) is 41. The molecule has 0 aromatic heterocycles. The first kappa shape index (κ1) is 57.9. The number of carbonyl (C=O) groups is 1. The molecule has 0 aliphatic carbocycles. The standard InChI is InChI=1S/C55H107NO3/c1-3-5-7-9-11-13-15-17-19-21-23-25-27-29-30-32-34-36-38-40-42-44-46-48-50-54(58)53(52-57)56-55(59)51-49-47-45-43-41-39-37-35-33-31-28-26-24-22-20-18-16-14-12-10-8-6-4-2/h22,24,48,50,53-54,57-58H,3-21,23,25-47,49,51-52H2,1-2H3,(H,56,59)/b24-22-,50-48+. The largest absolute Gasteiger partial charge is 0.394 e. The maximum absolute atomic E-state index is 12.5. The van der Waals surface area contributed by atoms with Crippen LogP contribution in [0.5, 0.6) is 0 Å². The number of nitrogens with one attached hydrogen (secondary N) is 1. The van der Waals surface area contributed by atoms with Gasteiger partial charge in [-0.1, -0.05) is 276 Å². The number of hydrogen-bond donors (Lipinski definition) is 3. The van der Waals surface area contributed by atoms with Crippen molar-refractivity contribution in [1.29, 1.82) is 0 Å². The van der Waals surface area contributed by atoms with E-state index in [1.54, 1.807) is 6.08 Å². The van der Waals surface area contributed by atoms with Crippen molar-refractivity contribution in [3.8, 4) is 0 Å². The molecule has 0 aromatic carbocycles. The van der Waals surface area contributed by atoms with Crippen molar-refractivity contribution in [3.63, 3.8) is 0 Å². The predicted molar refractivity (Wildman–Crippen MR) is 262 cm³/mol. The molecule has 2 atom stereocenters. The molecule has 0 aliphatic rings. The molecule has 4 heteroatoms. The summed E-state index contributed by atoms with van der Waals surface area (Å²) in [7, 11) is 0. The number of aliphatic hydroxyl groups excluding tert-OH is 2. The van der Waals surface area contributed by atoms with Gasteiger partial charge in [0.15, 0.2) is 0 Å². The van der Waals surface area contributed by atoms with Crippen LogP contribution in [0.25, 0.3) is 0 Å². The van der Waals surface area contributed by atoms with E-state index in [0.29, 0.717) is 6.42 Å². The van der Waals surface area contributed by atoms with E-state index in [1.165, 1.54) is 257 Å². The summed E-state index contributed by atoms with van der Waals surface area (Å²) in [5, 5.41) is 23.2. The zero-order valence-corrected chi connectivity index (χ0v) is 40.3. The Morgan fingerprint density at radius 3 is 0.932 bits per heavy atom.